The number of rotatable bonds is 9. The average Bonchev–Trinajstić information content (AvgIpc) is 2.87. The zero-order valence-corrected chi connectivity index (χ0v) is 19.4. The van der Waals surface area contributed by atoms with Crippen LogP contribution in [0.15, 0.2) is 48.5 Å². The van der Waals surface area contributed by atoms with Gasteiger partial charge in [-0.1, -0.05) is 0 Å². The Morgan fingerprint density at radius 1 is 1.00 bits per heavy atom. The first-order chi connectivity index (χ1) is 16.4. The van der Waals surface area contributed by atoms with Crippen molar-refractivity contribution in [3.8, 4) is 5.75 Å². The second-order valence-corrected chi connectivity index (χ2v) is 8.10. The lowest BCUT2D eigenvalue weighted by Crippen LogP contribution is -2.54. The van der Waals surface area contributed by atoms with Crippen molar-refractivity contribution in [3.63, 3.8) is 0 Å². The maximum Gasteiger partial charge on any atom is 0.253 e. The molecule has 2 aromatic carbocycles. The normalized spacial score (nSPS) is 14.9. The number of hydrogen-bond acceptors (Lipinski definition) is 5. The van der Waals surface area contributed by atoms with E-state index in [1.807, 2.05) is 0 Å². The molecule has 1 heterocycles. The van der Waals surface area contributed by atoms with E-state index < -0.39 is 11.9 Å². The van der Waals surface area contributed by atoms with E-state index in [4.69, 9.17) is 9.47 Å². The van der Waals surface area contributed by atoms with Gasteiger partial charge in [-0.2, -0.15) is 0 Å². The molecule has 0 aliphatic carbocycles. The average molecular weight is 472 g/mol. The molecule has 0 spiro atoms. The van der Waals surface area contributed by atoms with Crippen molar-refractivity contribution in [1.82, 2.24) is 15.5 Å². The number of piperidine rings is 1. The standard InChI is InChI=1S/C25H30FN3O5/c1-33-16-13-27-24(31)22(28-23(30)18-5-9-21(34-2)10-6-18)17-11-14-29(15-12-17)25(32)19-3-7-20(26)8-4-19/h3-10,17,22H,11-16H2,1-2H3,(H,27,31)(H,28,30)/t22-/m1/s1. The summed E-state index contributed by atoms with van der Waals surface area (Å²) in [6.45, 7) is 1.55. The van der Waals surface area contributed by atoms with Crippen LogP contribution in [0.2, 0.25) is 0 Å². The number of carbonyl (C=O) groups excluding carboxylic acids is 3. The summed E-state index contributed by atoms with van der Waals surface area (Å²) in [5.41, 5.74) is 0.834. The largest absolute Gasteiger partial charge is 0.497 e. The summed E-state index contributed by atoms with van der Waals surface area (Å²) in [5.74, 6) is -0.751. The molecule has 0 saturated carbocycles. The number of likely N-dealkylation sites (tertiary alicyclic amines) is 1. The molecule has 3 rings (SSSR count). The fourth-order valence-corrected chi connectivity index (χ4v) is 3.96. The number of amides is 3. The molecule has 182 valence electrons. The van der Waals surface area contributed by atoms with Gasteiger partial charge in [-0.05, 0) is 67.3 Å². The van der Waals surface area contributed by atoms with Gasteiger partial charge in [0.25, 0.3) is 11.8 Å². The van der Waals surface area contributed by atoms with Gasteiger partial charge < -0.3 is 25.0 Å². The number of methoxy groups -OCH3 is 2. The van der Waals surface area contributed by atoms with Gasteiger partial charge in [0, 0.05) is 37.9 Å². The van der Waals surface area contributed by atoms with Crippen molar-refractivity contribution in [2.24, 2.45) is 5.92 Å². The molecule has 0 aromatic heterocycles. The van der Waals surface area contributed by atoms with Gasteiger partial charge in [-0.3, -0.25) is 14.4 Å². The van der Waals surface area contributed by atoms with Crippen molar-refractivity contribution in [2.45, 2.75) is 18.9 Å². The van der Waals surface area contributed by atoms with Gasteiger partial charge in [0.15, 0.2) is 0 Å². The number of nitrogens with zero attached hydrogens (tertiary/aromatic N) is 1. The number of nitrogens with one attached hydrogen (secondary N) is 2. The topological polar surface area (TPSA) is 97.0 Å². The first kappa shape index (κ1) is 25.2. The predicted molar refractivity (Wildman–Crippen MR) is 124 cm³/mol. The second kappa shape index (κ2) is 12.1. The number of ether oxygens (including phenoxy) is 2. The Morgan fingerprint density at radius 3 is 2.21 bits per heavy atom. The van der Waals surface area contributed by atoms with Crippen molar-refractivity contribution in [3.05, 3.63) is 65.5 Å². The third-order valence-electron chi connectivity index (χ3n) is 5.92. The van der Waals surface area contributed by atoms with Crippen molar-refractivity contribution in [1.29, 1.82) is 0 Å². The number of carbonyl (C=O) groups is 3. The third kappa shape index (κ3) is 6.54. The van der Waals surface area contributed by atoms with Crippen LogP contribution in [-0.2, 0) is 9.53 Å². The molecule has 0 radical (unpaired) electrons. The smallest absolute Gasteiger partial charge is 0.253 e. The van der Waals surface area contributed by atoms with Crippen LogP contribution >= 0.6 is 0 Å². The molecule has 9 heteroatoms. The first-order valence-electron chi connectivity index (χ1n) is 11.2. The van der Waals surface area contributed by atoms with Crippen molar-refractivity contribution in [2.75, 3.05) is 40.5 Å². The Balaban J connectivity index is 1.66. The minimum absolute atomic E-state index is 0.151. The summed E-state index contributed by atoms with van der Waals surface area (Å²) in [5, 5.41) is 5.68. The molecule has 0 bridgehead atoms. The Bertz CT molecular complexity index is 973. The fourth-order valence-electron chi connectivity index (χ4n) is 3.96. The number of hydrogen-bond donors (Lipinski definition) is 2. The lowest BCUT2D eigenvalue weighted by molar-refractivity contribution is -0.124. The maximum atomic E-state index is 13.2. The SMILES string of the molecule is COCCNC(=O)[C@H](NC(=O)c1ccc(OC)cc1)C1CCN(C(=O)c2ccc(F)cc2)CC1. The molecule has 0 unspecified atom stereocenters. The van der Waals surface area contributed by atoms with Gasteiger partial charge in [-0.15, -0.1) is 0 Å². The van der Waals surface area contributed by atoms with Crippen LogP contribution in [0.3, 0.4) is 0 Å². The lowest BCUT2D eigenvalue weighted by atomic mass is 9.88. The van der Waals surface area contributed by atoms with E-state index in [0.717, 1.165) is 0 Å². The molecule has 1 fully saturated rings. The van der Waals surface area contributed by atoms with Crippen LogP contribution in [0, 0.1) is 11.7 Å². The van der Waals surface area contributed by atoms with E-state index in [1.165, 1.54) is 24.3 Å². The second-order valence-electron chi connectivity index (χ2n) is 8.10. The van der Waals surface area contributed by atoms with Gasteiger partial charge in [0.2, 0.25) is 5.91 Å². The molecule has 1 atom stereocenters. The molecule has 1 aliphatic rings. The first-order valence-corrected chi connectivity index (χ1v) is 11.2. The minimum atomic E-state index is -0.755. The Morgan fingerprint density at radius 2 is 1.62 bits per heavy atom. The highest BCUT2D eigenvalue weighted by molar-refractivity contribution is 5.98. The lowest BCUT2D eigenvalue weighted by Gasteiger charge is -2.36. The van der Waals surface area contributed by atoms with E-state index >= 15 is 0 Å². The van der Waals surface area contributed by atoms with E-state index in [2.05, 4.69) is 10.6 Å². The van der Waals surface area contributed by atoms with E-state index in [-0.39, 0.29) is 23.6 Å². The molecule has 8 nitrogen and oxygen atoms in total. The van der Waals surface area contributed by atoms with Gasteiger partial charge in [-0.25, -0.2) is 4.39 Å². The summed E-state index contributed by atoms with van der Waals surface area (Å²) >= 11 is 0. The third-order valence-corrected chi connectivity index (χ3v) is 5.92. The molecular weight excluding hydrogens is 441 g/mol. The minimum Gasteiger partial charge on any atom is -0.497 e. The number of halogens is 1. The molecule has 3 amide bonds. The van der Waals surface area contributed by atoms with Gasteiger partial charge in [0.05, 0.1) is 13.7 Å². The van der Waals surface area contributed by atoms with Gasteiger partial charge >= 0.3 is 0 Å². The van der Waals surface area contributed by atoms with E-state index in [9.17, 15) is 18.8 Å². The summed E-state index contributed by atoms with van der Waals surface area (Å²) in [7, 11) is 3.09. The van der Waals surface area contributed by atoms with Crippen LogP contribution in [0.5, 0.6) is 5.75 Å². The Hall–Kier alpha value is -3.46. The summed E-state index contributed by atoms with van der Waals surface area (Å²) in [4.78, 5) is 40.2. The predicted octanol–water partition coefficient (Wildman–Crippen LogP) is 2.25. The van der Waals surface area contributed by atoms with Crippen molar-refractivity contribution < 1.29 is 28.2 Å². The van der Waals surface area contributed by atoms with Crippen LogP contribution in [0.4, 0.5) is 4.39 Å². The quantitative estimate of drug-likeness (QED) is 0.547. The van der Waals surface area contributed by atoms with Crippen LogP contribution in [-0.4, -0.2) is 69.1 Å². The van der Waals surface area contributed by atoms with E-state index in [0.29, 0.717) is 56.0 Å². The van der Waals surface area contributed by atoms with Crippen LogP contribution < -0.4 is 15.4 Å². The zero-order chi connectivity index (χ0) is 24.5. The molecule has 34 heavy (non-hydrogen) atoms. The Kier molecular flexibility index (Phi) is 8.98. The fraction of sp³-hybridized carbons (Fsp3) is 0.400. The van der Waals surface area contributed by atoms with Crippen LogP contribution in [0.1, 0.15) is 33.6 Å². The summed E-state index contributed by atoms with van der Waals surface area (Å²) < 4.78 is 23.3. The van der Waals surface area contributed by atoms with E-state index in [1.54, 1.807) is 43.4 Å². The zero-order valence-electron chi connectivity index (χ0n) is 19.4. The molecular formula is C25H30FN3O5. The molecule has 2 aromatic rings. The van der Waals surface area contributed by atoms with Crippen LogP contribution in [0.25, 0.3) is 0 Å². The molecule has 2 N–H and O–H groups in total. The summed E-state index contributed by atoms with van der Waals surface area (Å²) in [6.07, 6.45) is 1.08. The highest BCUT2D eigenvalue weighted by Gasteiger charge is 2.34. The van der Waals surface area contributed by atoms with Crippen molar-refractivity contribution >= 4 is 17.7 Å². The Labute approximate surface area is 198 Å². The highest BCUT2D eigenvalue weighted by atomic mass is 19.1. The maximum absolute atomic E-state index is 13.2. The monoisotopic (exact) mass is 471 g/mol. The highest BCUT2D eigenvalue weighted by Crippen LogP contribution is 2.23. The van der Waals surface area contributed by atoms with Gasteiger partial charge in [0.1, 0.15) is 17.6 Å². The molecule has 1 saturated heterocycles. The summed E-state index contributed by atoms with van der Waals surface area (Å²) in [6, 6.07) is 11.3. The number of benzene rings is 2. The molecule has 1 aliphatic heterocycles.